The third-order valence-electron chi connectivity index (χ3n) is 3.97. The molecule has 0 aliphatic heterocycles. The number of amides is 1. The maximum atomic E-state index is 12.4. The molecule has 0 radical (unpaired) electrons. The molecule has 0 spiro atoms. The van der Waals surface area contributed by atoms with Gasteiger partial charge in [-0.25, -0.2) is 4.68 Å². The molecule has 0 saturated heterocycles. The average molecular weight is 324 g/mol. The van der Waals surface area contributed by atoms with Crippen LogP contribution in [-0.2, 0) is 11.3 Å². The number of rotatable bonds is 5. The fourth-order valence-corrected chi connectivity index (χ4v) is 2.74. The van der Waals surface area contributed by atoms with Gasteiger partial charge < -0.3 is 11.1 Å². The van der Waals surface area contributed by atoms with Gasteiger partial charge in [-0.05, 0) is 31.5 Å². The number of hydrogen-bond donors (Lipinski definition) is 3. The Hall–Kier alpha value is -2.93. The van der Waals surface area contributed by atoms with Gasteiger partial charge in [-0.3, -0.25) is 9.89 Å². The van der Waals surface area contributed by atoms with E-state index in [0.717, 1.165) is 28.2 Å². The van der Waals surface area contributed by atoms with Crippen molar-refractivity contribution in [3.05, 3.63) is 65.2 Å². The number of nitrogens with one attached hydrogen (secondary N) is 2. The summed E-state index contributed by atoms with van der Waals surface area (Å²) in [6, 6.07) is 8.89. The van der Waals surface area contributed by atoms with E-state index < -0.39 is 6.04 Å². The molecule has 0 aliphatic rings. The minimum atomic E-state index is -0.749. The van der Waals surface area contributed by atoms with E-state index in [2.05, 4.69) is 20.6 Å². The first-order valence-electron chi connectivity index (χ1n) is 7.70. The van der Waals surface area contributed by atoms with E-state index in [1.54, 1.807) is 10.9 Å². The number of para-hydroxylation sites is 1. The summed E-state index contributed by atoms with van der Waals surface area (Å²) in [5.74, 6) is -0.238. The second-order valence-electron chi connectivity index (χ2n) is 5.62. The minimum Gasteiger partial charge on any atom is -0.350 e. The van der Waals surface area contributed by atoms with Crippen molar-refractivity contribution in [3.63, 3.8) is 0 Å². The lowest BCUT2D eigenvalue weighted by Crippen LogP contribution is -2.34. The van der Waals surface area contributed by atoms with Gasteiger partial charge >= 0.3 is 0 Å². The zero-order valence-electron chi connectivity index (χ0n) is 13.7. The van der Waals surface area contributed by atoms with Gasteiger partial charge in [0.25, 0.3) is 0 Å². The first-order chi connectivity index (χ1) is 11.6. The highest BCUT2D eigenvalue weighted by Gasteiger charge is 2.21. The summed E-state index contributed by atoms with van der Waals surface area (Å²) in [5.41, 5.74) is 10.3. The van der Waals surface area contributed by atoms with Crippen LogP contribution >= 0.6 is 0 Å². The predicted molar refractivity (Wildman–Crippen MR) is 90.4 cm³/mol. The van der Waals surface area contributed by atoms with Crippen LogP contribution < -0.4 is 11.1 Å². The molecule has 2 heterocycles. The molecular weight excluding hydrogens is 304 g/mol. The maximum absolute atomic E-state index is 12.4. The van der Waals surface area contributed by atoms with Crippen molar-refractivity contribution in [2.75, 3.05) is 0 Å². The quantitative estimate of drug-likeness (QED) is 0.662. The number of nitrogens with zero attached hydrogens (tertiary/aromatic N) is 3. The van der Waals surface area contributed by atoms with E-state index in [4.69, 9.17) is 5.73 Å². The van der Waals surface area contributed by atoms with E-state index in [1.165, 1.54) is 0 Å². The summed E-state index contributed by atoms with van der Waals surface area (Å²) in [5, 5.41) is 14.1. The monoisotopic (exact) mass is 324 g/mol. The summed E-state index contributed by atoms with van der Waals surface area (Å²) >= 11 is 0. The number of aromatic amines is 1. The molecule has 7 heteroatoms. The molecular formula is C17H20N6O. The lowest BCUT2D eigenvalue weighted by atomic mass is 10.0. The summed E-state index contributed by atoms with van der Waals surface area (Å²) in [7, 11) is 0. The first kappa shape index (κ1) is 15.9. The largest absolute Gasteiger partial charge is 0.350 e. The van der Waals surface area contributed by atoms with Gasteiger partial charge in [-0.2, -0.15) is 10.2 Å². The van der Waals surface area contributed by atoms with Crippen LogP contribution in [0.15, 0.2) is 42.7 Å². The Kier molecular flexibility index (Phi) is 4.43. The fraction of sp³-hybridized carbons (Fsp3) is 0.235. The highest BCUT2D eigenvalue weighted by molar-refractivity contribution is 5.83. The van der Waals surface area contributed by atoms with Crippen molar-refractivity contribution in [2.45, 2.75) is 26.4 Å². The Morgan fingerprint density at radius 3 is 2.79 bits per heavy atom. The van der Waals surface area contributed by atoms with Gasteiger partial charge in [0.15, 0.2) is 0 Å². The summed E-state index contributed by atoms with van der Waals surface area (Å²) in [4.78, 5) is 12.4. The number of aryl methyl sites for hydroxylation is 2. The maximum Gasteiger partial charge on any atom is 0.241 e. The molecule has 0 fully saturated rings. The lowest BCUT2D eigenvalue weighted by Gasteiger charge is -2.14. The normalized spacial score (nSPS) is 12.1. The third-order valence-corrected chi connectivity index (χ3v) is 3.97. The van der Waals surface area contributed by atoms with Crippen LogP contribution in [0.5, 0.6) is 0 Å². The summed E-state index contributed by atoms with van der Waals surface area (Å²) < 4.78 is 1.77. The van der Waals surface area contributed by atoms with Gasteiger partial charge in [0.1, 0.15) is 6.04 Å². The molecule has 1 atom stereocenters. The van der Waals surface area contributed by atoms with Crippen molar-refractivity contribution in [1.29, 1.82) is 0 Å². The predicted octanol–water partition coefficient (Wildman–Crippen LogP) is 1.53. The highest BCUT2D eigenvalue weighted by atomic mass is 16.2. The molecule has 4 N–H and O–H groups in total. The van der Waals surface area contributed by atoms with Crippen molar-refractivity contribution in [1.82, 2.24) is 25.3 Å². The molecule has 1 aromatic carbocycles. The topological polar surface area (TPSA) is 102 Å². The molecule has 0 unspecified atom stereocenters. The summed E-state index contributed by atoms with van der Waals surface area (Å²) in [6.45, 7) is 4.06. The Balaban J connectivity index is 1.74. The van der Waals surface area contributed by atoms with Gasteiger partial charge in [0.2, 0.25) is 5.91 Å². The van der Waals surface area contributed by atoms with Crippen LogP contribution in [0.3, 0.4) is 0 Å². The second-order valence-corrected chi connectivity index (χ2v) is 5.62. The van der Waals surface area contributed by atoms with E-state index in [1.807, 2.05) is 50.4 Å². The second kappa shape index (κ2) is 6.67. The van der Waals surface area contributed by atoms with E-state index in [9.17, 15) is 4.79 Å². The number of carbonyl (C=O) groups is 1. The van der Waals surface area contributed by atoms with Crippen molar-refractivity contribution in [3.8, 4) is 5.69 Å². The van der Waals surface area contributed by atoms with Crippen LogP contribution in [0.4, 0.5) is 0 Å². The molecule has 0 aliphatic carbocycles. The van der Waals surface area contributed by atoms with Crippen LogP contribution in [0.1, 0.15) is 28.6 Å². The molecule has 3 rings (SSSR count). The smallest absolute Gasteiger partial charge is 0.241 e. The molecule has 2 aromatic heterocycles. The van der Waals surface area contributed by atoms with Crippen LogP contribution in [-0.4, -0.2) is 25.9 Å². The van der Waals surface area contributed by atoms with Crippen molar-refractivity contribution < 1.29 is 4.79 Å². The van der Waals surface area contributed by atoms with E-state index in [0.29, 0.717) is 6.54 Å². The number of nitrogens with two attached hydrogens (primary N) is 1. The van der Waals surface area contributed by atoms with Crippen LogP contribution in [0, 0.1) is 13.8 Å². The molecule has 0 saturated carbocycles. The molecule has 124 valence electrons. The van der Waals surface area contributed by atoms with Gasteiger partial charge in [0.05, 0.1) is 11.4 Å². The lowest BCUT2D eigenvalue weighted by molar-refractivity contribution is -0.122. The summed E-state index contributed by atoms with van der Waals surface area (Å²) in [6.07, 6.45) is 3.58. The van der Waals surface area contributed by atoms with Gasteiger partial charge in [-0.15, -0.1) is 0 Å². The number of aromatic nitrogens is 4. The first-order valence-corrected chi connectivity index (χ1v) is 7.70. The molecule has 24 heavy (non-hydrogen) atoms. The zero-order chi connectivity index (χ0) is 17.1. The minimum absolute atomic E-state index is 0.238. The van der Waals surface area contributed by atoms with Gasteiger partial charge in [-0.1, -0.05) is 18.2 Å². The van der Waals surface area contributed by atoms with E-state index >= 15 is 0 Å². The molecule has 3 aromatic rings. The Morgan fingerprint density at radius 2 is 2.12 bits per heavy atom. The molecule has 0 bridgehead atoms. The Morgan fingerprint density at radius 1 is 1.33 bits per heavy atom. The zero-order valence-corrected chi connectivity index (χ0v) is 13.7. The van der Waals surface area contributed by atoms with Crippen molar-refractivity contribution >= 4 is 5.91 Å². The molecule has 1 amide bonds. The van der Waals surface area contributed by atoms with Crippen LogP contribution in [0.25, 0.3) is 5.69 Å². The SMILES string of the molecule is Cc1n[nH]c(C)c1[C@H](N)C(=O)NCc1ccccc1-n1cccn1. The number of benzene rings is 1. The van der Waals surface area contributed by atoms with Crippen LogP contribution in [0.2, 0.25) is 0 Å². The average Bonchev–Trinajstić information content (AvgIpc) is 3.22. The fourth-order valence-electron chi connectivity index (χ4n) is 2.74. The van der Waals surface area contributed by atoms with Crippen molar-refractivity contribution in [2.24, 2.45) is 5.73 Å². The van der Waals surface area contributed by atoms with E-state index in [-0.39, 0.29) is 5.91 Å². The number of H-pyrrole nitrogens is 1. The standard InChI is InChI=1S/C17H20N6O/c1-11-15(12(2)22-21-11)16(18)17(24)19-10-13-6-3-4-7-14(13)23-9-5-8-20-23/h3-9,16H,10,18H2,1-2H3,(H,19,24)(H,21,22)/t16-/m0/s1. The third kappa shape index (κ3) is 3.07. The Bertz CT molecular complexity index is 817. The van der Waals surface area contributed by atoms with Gasteiger partial charge in [0, 0.05) is 30.2 Å². The molecule has 7 nitrogen and oxygen atoms in total. The number of carbonyl (C=O) groups excluding carboxylic acids is 1. The Labute approximate surface area is 139 Å². The number of hydrogen-bond acceptors (Lipinski definition) is 4. The highest BCUT2D eigenvalue weighted by Crippen LogP contribution is 2.18.